The fourth-order valence-electron chi connectivity index (χ4n) is 5.42. The van der Waals surface area contributed by atoms with Gasteiger partial charge < -0.3 is 9.53 Å². The zero-order valence-electron chi connectivity index (χ0n) is 24.5. The maximum atomic E-state index is 15.6. The molecule has 8 heteroatoms. The molecule has 0 saturated heterocycles. The van der Waals surface area contributed by atoms with Gasteiger partial charge in [-0.1, -0.05) is 61.0 Å². The van der Waals surface area contributed by atoms with Crippen molar-refractivity contribution in [1.82, 2.24) is 9.13 Å². The molecule has 0 spiro atoms. The minimum Gasteiger partial charge on any atom is -0.494 e. The molecule has 0 bridgehead atoms. The zero-order chi connectivity index (χ0) is 30.4. The van der Waals surface area contributed by atoms with Crippen LogP contribution in [0.5, 0.6) is 5.75 Å². The molecular weight excluding hydrogens is 538 g/mol. The van der Waals surface area contributed by atoms with Crippen LogP contribution in [0.25, 0.3) is 11.1 Å². The largest absolute Gasteiger partial charge is 0.494 e. The number of unbranched alkanes of at least 4 members (excludes halogenated alkanes) is 1. The van der Waals surface area contributed by atoms with Crippen LogP contribution < -0.4 is 16.0 Å². The Morgan fingerprint density at radius 1 is 0.905 bits per heavy atom. The van der Waals surface area contributed by atoms with E-state index in [4.69, 9.17) is 4.74 Å². The Hall–Kier alpha value is -4.33. The second-order valence-electron chi connectivity index (χ2n) is 10.7. The van der Waals surface area contributed by atoms with Crippen molar-refractivity contribution in [3.63, 3.8) is 0 Å². The number of methoxy groups -OCH3 is 1. The van der Waals surface area contributed by atoms with Crippen molar-refractivity contribution >= 4 is 5.78 Å². The fraction of sp³-hybridized carbons (Fsp3) is 0.324. The van der Waals surface area contributed by atoms with E-state index in [1.54, 1.807) is 39.0 Å². The molecule has 6 nitrogen and oxygen atoms in total. The minimum absolute atomic E-state index is 0.00215. The highest BCUT2D eigenvalue weighted by molar-refractivity contribution is 5.75. The smallest absolute Gasteiger partial charge is 0.331 e. The van der Waals surface area contributed by atoms with E-state index in [1.807, 2.05) is 30.3 Å². The summed E-state index contributed by atoms with van der Waals surface area (Å²) in [6.07, 6.45) is 2.50. The number of rotatable bonds is 12. The second-order valence-corrected chi connectivity index (χ2v) is 10.7. The van der Waals surface area contributed by atoms with Gasteiger partial charge in [-0.2, -0.15) is 0 Å². The van der Waals surface area contributed by atoms with Crippen LogP contribution in [0.3, 0.4) is 0 Å². The van der Waals surface area contributed by atoms with Crippen LogP contribution >= 0.6 is 0 Å². The molecule has 0 amide bonds. The molecule has 0 radical (unpaired) electrons. The van der Waals surface area contributed by atoms with Gasteiger partial charge in [-0.3, -0.25) is 13.9 Å². The first kappa shape index (κ1) is 30.6. The molecule has 1 atom stereocenters. The van der Waals surface area contributed by atoms with Crippen molar-refractivity contribution in [2.45, 2.75) is 65.5 Å². The lowest BCUT2D eigenvalue weighted by Crippen LogP contribution is -2.43. The van der Waals surface area contributed by atoms with E-state index >= 15 is 4.39 Å². The summed E-state index contributed by atoms with van der Waals surface area (Å²) in [7, 11) is 1.34. The van der Waals surface area contributed by atoms with Gasteiger partial charge in [0.25, 0.3) is 5.56 Å². The lowest BCUT2D eigenvalue weighted by Gasteiger charge is -2.22. The molecule has 0 fully saturated rings. The number of nitrogens with zero attached hydrogens (tertiary/aromatic N) is 2. The molecule has 0 unspecified atom stereocenters. The first-order valence-electron chi connectivity index (χ1n) is 14.1. The van der Waals surface area contributed by atoms with Gasteiger partial charge in [0.2, 0.25) is 0 Å². The van der Waals surface area contributed by atoms with Crippen molar-refractivity contribution in [2.24, 2.45) is 0 Å². The monoisotopic (exact) mass is 574 g/mol. The number of aryl methyl sites for hydroxylation is 1. The van der Waals surface area contributed by atoms with Crippen LogP contribution in [0.15, 0.2) is 76.3 Å². The van der Waals surface area contributed by atoms with Gasteiger partial charge >= 0.3 is 5.69 Å². The highest BCUT2D eigenvalue weighted by atomic mass is 19.1. The Morgan fingerprint density at radius 3 is 2.29 bits per heavy atom. The number of carbonyl (C=O) groups is 1. The van der Waals surface area contributed by atoms with Gasteiger partial charge in [0.1, 0.15) is 11.6 Å². The summed E-state index contributed by atoms with van der Waals surface area (Å²) >= 11 is 0. The molecule has 1 aromatic heterocycles. The van der Waals surface area contributed by atoms with E-state index in [0.29, 0.717) is 30.4 Å². The standard InChI is InChI=1S/C34H36F2N2O4/c1-22-12-10-18-29(35)28(22)21-37-24(3)31(27-17-11-19-30(42-4)32(27)36)33(40)38(34(37)41)20-26(16-9-8-13-23(2)39)25-14-6-5-7-15-25/h5-7,10-12,14-15,17-19,26H,8-9,13,16,20-21H2,1-4H3/t26-/m1/s1. The van der Waals surface area contributed by atoms with Crippen LogP contribution in [0.1, 0.15) is 60.9 Å². The molecule has 4 rings (SSSR count). The molecule has 0 aliphatic carbocycles. The third-order valence-electron chi connectivity index (χ3n) is 7.81. The minimum atomic E-state index is -0.720. The molecule has 42 heavy (non-hydrogen) atoms. The molecule has 0 aliphatic rings. The molecule has 4 aromatic rings. The van der Waals surface area contributed by atoms with Crippen molar-refractivity contribution in [3.8, 4) is 16.9 Å². The van der Waals surface area contributed by atoms with E-state index in [1.165, 1.54) is 29.9 Å². The third-order valence-corrected chi connectivity index (χ3v) is 7.81. The van der Waals surface area contributed by atoms with Gasteiger partial charge in [0.15, 0.2) is 11.6 Å². The summed E-state index contributed by atoms with van der Waals surface area (Å²) < 4.78 is 38.2. The number of ketones is 1. The topological polar surface area (TPSA) is 70.3 Å². The third kappa shape index (κ3) is 6.59. The zero-order valence-corrected chi connectivity index (χ0v) is 24.5. The molecule has 0 saturated carbocycles. The molecular formula is C34H36F2N2O4. The Kier molecular flexibility index (Phi) is 9.88. The van der Waals surface area contributed by atoms with Crippen molar-refractivity contribution in [1.29, 1.82) is 0 Å². The Labute approximate surface area is 244 Å². The average Bonchev–Trinajstić information content (AvgIpc) is 2.97. The quantitative estimate of drug-likeness (QED) is 0.180. The lowest BCUT2D eigenvalue weighted by molar-refractivity contribution is -0.117. The summed E-state index contributed by atoms with van der Waals surface area (Å²) in [6.45, 7) is 4.80. The molecule has 0 aliphatic heterocycles. The van der Waals surface area contributed by atoms with Crippen LogP contribution in [0, 0.1) is 25.5 Å². The summed E-state index contributed by atoms with van der Waals surface area (Å²) in [4.78, 5) is 39.7. The van der Waals surface area contributed by atoms with Crippen LogP contribution in [0.4, 0.5) is 8.78 Å². The van der Waals surface area contributed by atoms with Gasteiger partial charge in [-0.25, -0.2) is 13.6 Å². The van der Waals surface area contributed by atoms with E-state index in [0.717, 1.165) is 16.6 Å². The van der Waals surface area contributed by atoms with Crippen LogP contribution in [-0.4, -0.2) is 22.0 Å². The number of halogens is 2. The van der Waals surface area contributed by atoms with E-state index in [9.17, 15) is 18.8 Å². The number of hydrogen-bond donors (Lipinski definition) is 0. The lowest BCUT2D eigenvalue weighted by atomic mass is 9.92. The van der Waals surface area contributed by atoms with Crippen LogP contribution in [0.2, 0.25) is 0 Å². The Morgan fingerprint density at radius 2 is 1.62 bits per heavy atom. The summed E-state index contributed by atoms with van der Waals surface area (Å²) in [5, 5.41) is 0. The molecule has 0 N–H and O–H groups in total. The first-order chi connectivity index (χ1) is 20.1. The second kappa shape index (κ2) is 13.6. The van der Waals surface area contributed by atoms with E-state index < -0.39 is 22.9 Å². The number of Topliss-reactive ketones (excluding diaryl/α,β-unsaturated/α-hetero) is 1. The number of benzene rings is 3. The molecule has 1 heterocycles. The summed E-state index contributed by atoms with van der Waals surface area (Å²) in [5.74, 6) is -1.34. The highest BCUT2D eigenvalue weighted by Gasteiger charge is 2.25. The molecule has 220 valence electrons. The van der Waals surface area contributed by atoms with E-state index in [2.05, 4.69) is 0 Å². The van der Waals surface area contributed by atoms with Crippen molar-refractivity contribution < 1.29 is 18.3 Å². The summed E-state index contributed by atoms with van der Waals surface area (Å²) in [5.41, 5.74) is 0.930. The van der Waals surface area contributed by atoms with E-state index in [-0.39, 0.29) is 47.4 Å². The average molecular weight is 575 g/mol. The maximum absolute atomic E-state index is 15.6. The van der Waals surface area contributed by atoms with Crippen molar-refractivity contribution in [3.05, 3.63) is 122 Å². The number of aromatic nitrogens is 2. The number of hydrogen-bond acceptors (Lipinski definition) is 4. The van der Waals surface area contributed by atoms with Gasteiger partial charge in [0, 0.05) is 35.7 Å². The summed E-state index contributed by atoms with van der Waals surface area (Å²) in [6, 6.07) is 18.8. The van der Waals surface area contributed by atoms with Crippen molar-refractivity contribution in [2.75, 3.05) is 7.11 Å². The molecule has 3 aromatic carbocycles. The predicted octanol–water partition coefficient (Wildman–Crippen LogP) is 6.56. The number of ether oxygens (including phenoxy) is 1. The van der Waals surface area contributed by atoms with Gasteiger partial charge in [-0.05, 0) is 56.9 Å². The maximum Gasteiger partial charge on any atom is 0.331 e. The number of carbonyl (C=O) groups excluding carboxylic acids is 1. The van der Waals surface area contributed by atoms with Crippen LogP contribution in [-0.2, 0) is 17.9 Å². The SMILES string of the molecule is COc1cccc(-c2c(C)n(Cc3c(C)cccc3F)c(=O)n(C[C@@H](CCCCC(C)=O)c3ccccc3)c2=O)c1F. The highest BCUT2D eigenvalue weighted by Crippen LogP contribution is 2.30. The normalized spacial score (nSPS) is 11.9. The fourth-order valence-corrected chi connectivity index (χ4v) is 5.42. The van der Waals surface area contributed by atoms with Gasteiger partial charge in [0.05, 0.1) is 19.2 Å². The Bertz CT molecular complexity index is 1670. The first-order valence-corrected chi connectivity index (χ1v) is 14.1. The predicted molar refractivity (Wildman–Crippen MR) is 160 cm³/mol. The van der Waals surface area contributed by atoms with Gasteiger partial charge in [-0.15, -0.1) is 0 Å². The Balaban J connectivity index is 1.91.